The van der Waals surface area contributed by atoms with Crippen molar-refractivity contribution in [3.05, 3.63) is 23.1 Å². The average molecular weight is 295 g/mol. The van der Waals surface area contributed by atoms with E-state index in [-0.39, 0.29) is 22.0 Å². The first kappa shape index (κ1) is 11.0. The van der Waals surface area contributed by atoms with Gasteiger partial charge in [0.2, 0.25) is 5.22 Å². The van der Waals surface area contributed by atoms with Gasteiger partial charge in [-0.1, -0.05) is 15.9 Å². The molecule has 0 saturated carbocycles. The second-order valence-corrected chi connectivity index (χ2v) is 4.76. The zero-order valence-electron chi connectivity index (χ0n) is 7.70. The van der Waals surface area contributed by atoms with E-state index in [4.69, 9.17) is 20.8 Å². The van der Waals surface area contributed by atoms with Crippen LogP contribution in [0.25, 0.3) is 0 Å². The number of amides is 1. The fraction of sp³-hybridized carbons (Fsp3) is 0.444. The predicted molar refractivity (Wildman–Crippen MR) is 58.5 cm³/mol. The molecule has 1 aromatic rings. The minimum absolute atomic E-state index is 0.0246. The lowest BCUT2D eigenvalue weighted by Gasteiger charge is -2.13. The van der Waals surface area contributed by atoms with Crippen LogP contribution in [0.3, 0.4) is 0 Å². The number of carbonyl (C=O) groups is 1. The van der Waals surface area contributed by atoms with Crippen LogP contribution in [0.2, 0.25) is 5.22 Å². The van der Waals surface area contributed by atoms with E-state index in [1.165, 1.54) is 12.3 Å². The summed E-state index contributed by atoms with van der Waals surface area (Å²) in [6.07, 6.45) is 1.38. The Bertz CT molecular complexity index is 368. The first-order valence-corrected chi connectivity index (χ1v) is 5.73. The second kappa shape index (κ2) is 4.55. The van der Waals surface area contributed by atoms with E-state index in [1.54, 1.807) is 0 Å². The minimum Gasteiger partial charge on any atom is -0.452 e. The number of hydrogen-bond acceptors (Lipinski definition) is 3. The summed E-state index contributed by atoms with van der Waals surface area (Å²) in [5.41, 5.74) is 0.350. The summed E-state index contributed by atoms with van der Waals surface area (Å²) in [6, 6.07) is 1.51. The Hall–Kier alpha value is -0.520. The molecule has 2 unspecified atom stereocenters. The summed E-state index contributed by atoms with van der Waals surface area (Å²) >= 11 is 9.10. The van der Waals surface area contributed by atoms with E-state index in [0.29, 0.717) is 18.8 Å². The van der Waals surface area contributed by atoms with Crippen LogP contribution in [-0.2, 0) is 4.74 Å². The van der Waals surface area contributed by atoms with Gasteiger partial charge in [-0.2, -0.15) is 0 Å². The zero-order chi connectivity index (χ0) is 10.8. The van der Waals surface area contributed by atoms with Gasteiger partial charge in [0.25, 0.3) is 5.91 Å². The third-order valence-electron chi connectivity index (χ3n) is 2.19. The third-order valence-corrected chi connectivity index (χ3v) is 3.39. The van der Waals surface area contributed by atoms with E-state index < -0.39 is 0 Å². The summed E-state index contributed by atoms with van der Waals surface area (Å²) < 4.78 is 10.0. The Morgan fingerprint density at radius 1 is 1.60 bits per heavy atom. The van der Waals surface area contributed by atoms with Gasteiger partial charge in [0, 0.05) is 0 Å². The first-order chi connectivity index (χ1) is 7.18. The summed E-state index contributed by atoms with van der Waals surface area (Å²) in [7, 11) is 0. The summed E-state index contributed by atoms with van der Waals surface area (Å²) in [6.45, 7) is 1.11. The second-order valence-electron chi connectivity index (χ2n) is 3.24. The Labute approximate surface area is 100 Å². The monoisotopic (exact) mass is 293 g/mol. The summed E-state index contributed by atoms with van der Waals surface area (Å²) in [5, 5.41) is 2.93. The van der Waals surface area contributed by atoms with E-state index in [0.717, 1.165) is 0 Å². The molecule has 2 rings (SSSR count). The largest absolute Gasteiger partial charge is 0.452 e. The molecule has 1 aliphatic heterocycles. The maximum Gasteiger partial charge on any atom is 0.256 e. The van der Waals surface area contributed by atoms with Crippen molar-refractivity contribution in [2.45, 2.75) is 10.9 Å². The fourth-order valence-corrected chi connectivity index (χ4v) is 2.03. The van der Waals surface area contributed by atoms with Gasteiger partial charge in [-0.15, -0.1) is 0 Å². The van der Waals surface area contributed by atoms with Crippen molar-refractivity contribution in [2.24, 2.45) is 0 Å². The lowest BCUT2D eigenvalue weighted by molar-refractivity contribution is 0.0930. The molecule has 0 aliphatic carbocycles. The van der Waals surface area contributed by atoms with Crippen LogP contribution in [0, 0.1) is 0 Å². The normalized spacial score (nSPS) is 25.5. The molecule has 82 valence electrons. The van der Waals surface area contributed by atoms with Gasteiger partial charge in [-0.05, 0) is 17.7 Å². The number of carbonyl (C=O) groups excluding carboxylic acids is 1. The molecule has 1 N–H and O–H groups in total. The highest BCUT2D eigenvalue weighted by atomic mass is 79.9. The number of nitrogens with one attached hydrogen (secondary N) is 1. The number of hydrogen-bond donors (Lipinski definition) is 1. The van der Waals surface area contributed by atoms with E-state index in [2.05, 4.69) is 21.2 Å². The molecule has 1 amide bonds. The van der Waals surface area contributed by atoms with Crippen LogP contribution < -0.4 is 5.32 Å². The number of rotatable bonds is 2. The molecule has 1 aromatic heterocycles. The maximum absolute atomic E-state index is 11.7. The lowest BCUT2D eigenvalue weighted by Crippen LogP contribution is -2.40. The Morgan fingerprint density at radius 3 is 2.93 bits per heavy atom. The fourth-order valence-electron chi connectivity index (χ4n) is 1.36. The van der Waals surface area contributed by atoms with E-state index in [1.807, 2.05) is 0 Å². The first-order valence-electron chi connectivity index (χ1n) is 4.44. The molecule has 0 spiro atoms. The molecule has 4 nitrogen and oxygen atoms in total. The smallest absolute Gasteiger partial charge is 0.256 e. The molecular formula is C9H9BrClNO3. The topological polar surface area (TPSA) is 51.5 Å². The molecule has 6 heteroatoms. The van der Waals surface area contributed by atoms with Gasteiger partial charge in [-0.25, -0.2) is 0 Å². The summed E-state index contributed by atoms with van der Waals surface area (Å²) in [4.78, 5) is 11.8. The maximum atomic E-state index is 11.7. The highest BCUT2D eigenvalue weighted by Gasteiger charge is 2.28. The zero-order valence-corrected chi connectivity index (χ0v) is 10.0. The molecule has 1 fully saturated rings. The van der Waals surface area contributed by atoms with Crippen LogP contribution >= 0.6 is 27.5 Å². The van der Waals surface area contributed by atoms with Crippen molar-refractivity contribution in [3.63, 3.8) is 0 Å². The number of halogens is 2. The minimum atomic E-state index is -0.242. The van der Waals surface area contributed by atoms with Gasteiger partial charge in [-0.3, -0.25) is 4.79 Å². The molecule has 1 aliphatic rings. The predicted octanol–water partition coefficient (Wildman–Crippen LogP) is 1.83. The average Bonchev–Trinajstić information content (AvgIpc) is 2.76. The van der Waals surface area contributed by atoms with E-state index >= 15 is 0 Å². The van der Waals surface area contributed by atoms with Crippen LogP contribution in [0.5, 0.6) is 0 Å². The van der Waals surface area contributed by atoms with Crippen LogP contribution in [0.15, 0.2) is 16.7 Å². The van der Waals surface area contributed by atoms with Gasteiger partial charge < -0.3 is 14.5 Å². The molecule has 2 heterocycles. The van der Waals surface area contributed by atoms with Crippen molar-refractivity contribution in [1.82, 2.24) is 5.32 Å². The lowest BCUT2D eigenvalue weighted by atomic mass is 10.2. The van der Waals surface area contributed by atoms with Crippen LogP contribution in [-0.4, -0.2) is 30.0 Å². The molecule has 0 radical (unpaired) electrons. The van der Waals surface area contributed by atoms with E-state index in [9.17, 15) is 4.79 Å². The van der Waals surface area contributed by atoms with Crippen molar-refractivity contribution in [1.29, 1.82) is 0 Å². The quantitative estimate of drug-likeness (QED) is 0.847. The van der Waals surface area contributed by atoms with Crippen molar-refractivity contribution >= 4 is 33.4 Å². The highest BCUT2D eigenvalue weighted by Crippen LogP contribution is 2.18. The third kappa shape index (κ3) is 2.35. The number of alkyl halides is 1. The van der Waals surface area contributed by atoms with Crippen molar-refractivity contribution < 1.29 is 13.9 Å². The highest BCUT2D eigenvalue weighted by molar-refractivity contribution is 9.09. The molecule has 15 heavy (non-hydrogen) atoms. The molecular weight excluding hydrogens is 285 g/mol. The molecule has 2 atom stereocenters. The Morgan fingerprint density at radius 2 is 2.40 bits per heavy atom. The SMILES string of the molecule is O=C(NC1COCC1Br)c1ccoc1Cl. The number of ether oxygens (including phenoxy) is 1. The molecule has 0 aromatic carbocycles. The standard InChI is InChI=1S/C9H9BrClNO3/c10-6-3-14-4-7(6)12-9(13)5-1-2-15-8(5)11/h1-2,6-7H,3-4H2,(H,12,13). The molecule has 1 saturated heterocycles. The van der Waals surface area contributed by atoms with Crippen molar-refractivity contribution in [2.75, 3.05) is 13.2 Å². The number of furan rings is 1. The van der Waals surface area contributed by atoms with Crippen molar-refractivity contribution in [3.8, 4) is 0 Å². The van der Waals surface area contributed by atoms with Crippen LogP contribution in [0.4, 0.5) is 0 Å². The Balaban J connectivity index is 2.01. The van der Waals surface area contributed by atoms with Gasteiger partial charge in [0.05, 0.1) is 35.9 Å². The van der Waals surface area contributed by atoms with Gasteiger partial charge in [0.1, 0.15) is 0 Å². The van der Waals surface area contributed by atoms with Crippen LogP contribution in [0.1, 0.15) is 10.4 Å². The molecule has 0 bridgehead atoms. The Kier molecular flexibility index (Phi) is 3.33. The van der Waals surface area contributed by atoms with Gasteiger partial charge in [0.15, 0.2) is 0 Å². The van der Waals surface area contributed by atoms with Gasteiger partial charge >= 0.3 is 0 Å². The summed E-state index contributed by atoms with van der Waals surface area (Å²) in [5.74, 6) is -0.242.